The van der Waals surface area contributed by atoms with Crippen LogP contribution < -0.4 is 11.1 Å². The van der Waals surface area contributed by atoms with Crippen molar-refractivity contribution in [2.75, 3.05) is 5.32 Å². The Morgan fingerprint density at radius 2 is 2.26 bits per heavy atom. The molecular formula is C14H17N3OS. The van der Waals surface area contributed by atoms with Gasteiger partial charge in [-0.05, 0) is 23.6 Å². The Bertz CT molecular complexity index is 578. The molecule has 0 aliphatic carbocycles. The SMILES string of the molecule is CC(C)c1csc(NC(=O)c2cccc(CN)c2)n1. The van der Waals surface area contributed by atoms with E-state index in [2.05, 4.69) is 24.1 Å². The van der Waals surface area contributed by atoms with Crippen molar-refractivity contribution in [2.24, 2.45) is 5.73 Å². The van der Waals surface area contributed by atoms with Crippen LogP contribution in [-0.2, 0) is 6.54 Å². The van der Waals surface area contributed by atoms with Crippen LogP contribution in [0.5, 0.6) is 0 Å². The van der Waals surface area contributed by atoms with Gasteiger partial charge in [-0.25, -0.2) is 4.98 Å². The van der Waals surface area contributed by atoms with Gasteiger partial charge >= 0.3 is 0 Å². The average molecular weight is 275 g/mol. The number of rotatable bonds is 4. The zero-order chi connectivity index (χ0) is 13.8. The highest BCUT2D eigenvalue weighted by molar-refractivity contribution is 7.14. The highest BCUT2D eigenvalue weighted by atomic mass is 32.1. The van der Waals surface area contributed by atoms with Crippen LogP contribution in [-0.4, -0.2) is 10.9 Å². The molecule has 2 rings (SSSR count). The molecule has 1 aromatic heterocycles. The number of nitrogens with one attached hydrogen (secondary N) is 1. The van der Waals surface area contributed by atoms with Gasteiger partial charge in [0, 0.05) is 17.5 Å². The fourth-order valence-corrected chi connectivity index (χ4v) is 2.48. The number of thiazole rings is 1. The molecule has 0 spiro atoms. The van der Waals surface area contributed by atoms with E-state index in [9.17, 15) is 4.79 Å². The van der Waals surface area contributed by atoms with Gasteiger partial charge in [0.05, 0.1) is 5.69 Å². The average Bonchev–Trinajstić information content (AvgIpc) is 2.87. The Labute approximate surface area is 116 Å². The molecule has 1 amide bonds. The fourth-order valence-electron chi connectivity index (χ4n) is 1.62. The van der Waals surface area contributed by atoms with Crippen LogP contribution in [0.25, 0.3) is 0 Å². The molecule has 1 heterocycles. The maximum absolute atomic E-state index is 12.1. The van der Waals surface area contributed by atoms with E-state index in [1.165, 1.54) is 11.3 Å². The topological polar surface area (TPSA) is 68.0 Å². The first-order valence-corrected chi connectivity index (χ1v) is 7.04. The van der Waals surface area contributed by atoms with Crippen LogP contribution in [0.4, 0.5) is 5.13 Å². The minimum Gasteiger partial charge on any atom is -0.326 e. The summed E-state index contributed by atoms with van der Waals surface area (Å²) in [5, 5.41) is 5.41. The standard InChI is InChI=1S/C14H17N3OS/c1-9(2)12-8-19-14(16-12)17-13(18)11-5-3-4-10(6-11)7-15/h3-6,8-9H,7,15H2,1-2H3,(H,16,17,18). The van der Waals surface area contributed by atoms with Gasteiger partial charge in [0.1, 0.15) is 0 Å². The van der Waals surface area contributed by atoms with Crippen molar-refractivity contribution in [1.29, 1.82) is 0 Å². The molecule has 0 atom stereocenters. The number of carbonyl (C=O) groups excluding carboxylic acids is 1. The molecule has 0 bridgehead atoms. The second-order valence-corrected chi connectivity index (χ2v) is 5.45. The van der Waals surface area contributed by atoms with Crippen LogP contribution >= 0.6 is 11.3 Å². The molecule has 100 valence electrons. The van der Waals surface area contributed by atoms with E-state index in [0.717, 1.165) is 11.3 Å². The quantitative estimate of drug-likeness (QED) is 0.901. The Morgan fingerprint density at radius 3 is 2.89 bits per heavy atom. The molecule has 0 saturated heterocycles. The number of hydrogen-bond acceptors (Lipinski definition) is 4. The van der Waals surface area contributed by atoms with E-state index >= 15 is 0 Å². The monoisotopic (exact) mass is 275 g/mol. The minimum atomic E-state index is -0.153. The van der Waals surface area contributed by atoms with Crippen LogP contribution in [0.2, 0.25) is 0 Å². The summed E-state index contributed by atoms with van der Waals surface area (Å²) in [6.07, 6.45) is 0. The summed E-state index contributed by atoms with van der Waals surface area (Å²) >= 11 is 1.44. The zero-order valence-electron chi connectivity index (χ0n) is 11.0. The number of hydrogen-bond donors (Lipinski definition) is 2. The van der Waals surface area contributed by atoms with E-state index in [1.807, 2.05) is 17.5 Å². The number of amides is 1. The summed E-state index contributed by atoms with van der Waals surface area (Å²) in [7, 11) is 0. The third kappa shape index (κ3) is 3.39. The predicted molar refractivity (Wildman–Crippen MR) is 78.5 cm³/mol. The molecule has 5 heteroatoms. The zero-order valence-corrected chi connectivity index (χ0v) is 11.8. The number of anilines is 1. The van der Waals surface area contributed by atoms with Gasteiger partial charge in [0.15, 0.2) is 5.13 Å². The largest absolute Gasteiger partial charge is 0.326 e. The highest BCUT2D eigenvalue weighted by Crippen LogP contribution is 2.22. The first-order valence-electron chi connectivity index (χ1n) is 6.16. The Balaban J connectivity index is 2.11. The molecule has 0 fully saturated rings. The van der Waals surface area contributed by atoms with Crippen molar-refractivity contribution in [2.45, 2.75) is 26.3 Å². The molecule has 1 aromatic carbocycles. The Morgan fingerprint density at radius 1 is 1.47 bits per heavy atom. The lowest BCUT2D eigenvalue weighted by Crippen LogP contribution is -2.12. The fraction of sp³-hybridized carbons (Fsp3) is 0.286. The van der Waals surface area contributed by atoms with Gasteiger partial charge in [0.25, 0.3) is 5.91 Å². The lowest BCUT2D eigenvalue weighted by Gasteiger charge is -2.04. The number of carbonyl (C=O) groups is 1. The number of nitrogens with zero attached hydrogens (tertiary/aromatic N) is 1. The molecule has 2 aromatic rings. The molecule has 0 saturated carbocycles. The van der Waals surface area contributed by atoms with Crippen molar-refractivity contribution in [3.63, 3.8) is 0 Å². The van der Waals surface area contributed by atoms with E-state index in [1.54, 1.807) is 12.1 Å². The molecule has 0 aliphatic heterocycles. The number of aromatic nitrogens is 1. The smallest absolute Gasteiger partial charge is 0.257 e. The van der Waals surface area contributed by atoms with E-state index in [0.29, 0.717) is 23.2 Å². The first kappa shape index (κ1) is 13.7. The summed E-state index contributed by atoms with van der Waals surface area (Å²) in [6, 6.07) is 7.30. The lowest BCUT2D eigenvalue weighted by molar-refractivity contribution is 0.102. The summed E-state index contributed by atoms with van der Waals surface area (Å²) in [6.45, 7) is 4.58. The van der Waals surface area contributed by atoms with Crippen LogP contribution in [0, 0.1) is 0 Å². The third-order valence-electron chi connectivity index (χ3n) is 2.76. The van der Waals surface area contributed by atoms with Crippen molar-refractivity contribution < 1.29 is 4.79 Å². The van der Waals surface area contributed by atoms with Gasteiger partial charge in [-0.15, -0.1) is 11.3 Å². The van der Waals surface area contributed by atoms with Gasteiger partial charge in [-0.1, -0.05) is 26.0 Å². The second-order valence-electron chi connectivity index (χ2n) is 4.59. The van der Waals surface area contributed by atoms with Gasteiger partial charge < -0.3 is 5.73 Å². The van der Waals surface area contributed by atoms with E-state index in [4.69, 9.17) is 5.73 Å². The Kier molecular flexibility index (Phi) is 4.29. The molecule has 0 radical (unpaired) electrons. The second kappa shape index (κ2) is 5.95. The van der Waals surface area contributed by atoms with Crippen molar-refractivity contribution in [1.82, 2.24) is 4.98 Å². The molecule has 0 aliphatic rings. The lowest BCUT2D eigenvalue weighted by atomic mass is 10.1. The first-order chi connectivity index (χ1) is 9.10. The summed E-state index contributed by atoms with van der Waals surface area (Å²) in [5.74, 6) is 0.211. The predicted octanol–water partition coefficient (Wildman–Crippen LogP) is 2.98. The number of nitrogens with two attached hydrogens (primary N) is 1. The van der Waals surface area contributed by atoms with Crippen LogP contribution in [0.1, 0.15) is 41.4 Å². The minimum absolute atomic E-state index is 0.153. The van der Waals surface area contributed by atoms with Crippen LogP contribution in [0.3, 0.4) is 0 Å². The van der Waals surface area contributed by atoms with E-state index < -0.39 is 0 Å². The van der Waals surface area contributed by atoms with Gasteiger partial charge in [-0.3, -0.25) is 10.1 Å². The number of benzene rings is 1. The summed E-state index contributed by atoms with van der Waals surface area (Å²) < 4.78 is 0. The molecular weight excluding hydrogens is 258 g/mol. The maximum Gasteiger partial charge on any atom is 0.257 e. The third-order valence-corrected chi connectivity index (χ3v) is 3.53. The highest BCUT2D eigenvalue weighted by Gasteiger charge is 2.10. The summed E-state index contributed by atoms with van der Waals surface area (Å²) in [5.41, 5.74) is 8.10. The van der Waals surface area contributed by atoms with Gasteiger partial charge in [-0.2, -0.15) is 0 Å². The Hall–Kier alpha value is -1.72. The molecule has 3 N–H and O–H groups in total. The molecule has 19 heavy (non-hydrogen) atoms. The molecule has 0 unspecified atom stereocenters. The van der Waals surface area contributed by atoms with Crippen molar-refractivity contribution >= 4 is 22.4 Å². The van der Waals surface area contributed by atoms with Crippen molar-refractivity contribution in [3.8, 4) is 0 Å². The van der Waals surface area contributed by atoms with Gasteiger partial charge in [0.2, 0.25) is 0 Å². The maximum atomic E-state index is 12.1. The van der Waals surface area contributed by atoms with E-state index in [-0.39, 0.29) is 5.91 Å². The normalized spacial score (nSPS) is 10.7. The van der Waals surface area contributed by atoms with Crippen LogP contribution in [0.15, 0.2) is 29.6 Å². The van der Waals surface area contributed by atoms with Crippen molar-refractivity contribution in [3.05, 3.63) is 46.5 Å². The summed E-state index contributed by atoms with van der Waals surface area (Å²) in [4.78, 5) is 16.5. The molecule has 4 nitrogen and oxygen atoms in total.